The lowest BCUT2D eigenvalue weighted by molar-refractivity contribution is -0.900. The van der Waals surface area contributed by atoms with Crippen molar-refractivity contribution in [3.63, 3.8) is 0 Å². The van der Waals surface area contributed by atoms with Crippen molar-refractivity contribution in [3.8, 4) is 0 Å². The molecule has 8 nitrogen and oxygen atoms in total. The molecule has 4 rings (SSSR count). The Morgan fingerprint density at radius 3 is 2.27 bits per heavy atom. The minimum atomic E-state index is -2.88. The standard InChI is InChI=1S/C13H22NO7Si/c15-10-5-17-6-11(10)19-22(9-14-1-3-16-4-2-14)20-12-7-18-8-13(12)21-22/h10-13H,1-9H2/q-1/p+1. The van der Waals surface area contributed by atoms with Crippen molar-refractivity contribution in [1.82, 2.24) is 0 Å². The molecule has 4 atom stereocenters. The summed E-state index contributed by atoms with van der Waals surface area (Å²) in [5.41, 5.74) is 0. The van der Waals surface area contributed by atoms with Crippen LogP contribution in [0.1, 0.15) is 0 Å². The summed E-state index contributed by atoms with van der Waals surface area (Å²) in [6.07, 6.45) is -0.745. The fourth-order valence-corrected chi connectivity index (χ4v) is 6.83. The van der Waals surface area contributed by atoms with Crippen molar-refractivity contribution in [2.75, 3.05) is 58.9 Å². The van der Waals surface area contributed by atoms with Crippen LogP contribution in [0.25, 0.3) is 0 Å². The number of ether oxygens (including phenoxy) is 3. The number of fused-ring (bicyclic) bond motifs is 1. The van der Waals surface area contributed by atoms with Crippen molar-refractivity contribution in [2.45, 2.75) is 24.4 Å². The van der Waals surface area contributed by atoms with E-state index in [-0.39, 0.29) is 18.8 Å². The lowest BCUT2D eigenvalue weighted by Gasteiger charge is -2.34. The molecule has 0 aromatic carbocycles. The molecule has 9 heteroatoms. The average molecular weight is 333 g/mol. The molecule has 0 radical (unpaired) electrons. The normalized spacial score (nSPS) is 46.2. The summed E-state index contributed by atoms with van der Waals surface area (Å²) in [5.74, 6) is 0. The quantitative estimate of drug-likeness (QED) is 0.531. The second kappa shape index (κ2) is 6.42. The molecule has 0 amide bonds. The molecule has 0 aliphatic carbocycles. The Bertz CT molecular complexity index is 383. The monoisotopic (exact) mass is 333 g/mol. The lowest BCUT2D eigenvalue weighted by atomic mass is 10.3. The molecule has 4 aliphatic rings. The molecule has 22 heavy (non-hydrogen) atoms. The lowest BCUT2D eigenvalue weighted by Crippen LogP contribution is -3.16. The number of rotatable bonds is 4. The molecular weight excluding hydrogens is 310 g/mol. The molecule has 0 aromatic rings. The third-order valence-electron chi connectivity index (χ3n) is 4.62. The Morgan fingerprint density at radius 1 is 0.955 bits per heavy atom. The predicted octanol–water partition coefficient (Wildman–Crippen LogP) is -3.66. The van der Waals surface area contributed by atoms with Crippen LogP contribution in [-0.2, 0) is 27.5 Å². The van der Waals surface area contributed by atoms with Gasteiger partial charge >= 0.3 is 8.80 Å². The van der Waals surface area contributed by atoms with Crippen molar-refractivity contribution in [1.29, 1.82) is 0 Å². The van der Waals surface area contributed by atoms with Gasteiger partial charge in [0, 0.05) is 6.61 Å². The van der Waals surface area contributed by atoms with Crippen LogP contribution in [0.2, 0.25) is 0 Å². The molecule has 4 saturated heterocycles. The molecule has 1 N–H and O–H groups in total. The Balaban J connectivity index is 1.46. The fourth-order valence-electron chi connectivity index (χ4n) is 3.40. The number of quaternary nitrogens is 1. The first-order valence-corrected chi connectivity index (χ1v) is 9.93. The topological polar surface area (TPSA) is 82.9 Å². The van der Waals surface area contributed by atoms with Gasteiger partial charge in [0.1, 0.15) is 31.5 Å². The summed E-state index contributed by atoms with van der Waals surface area (Å²) in [6, 6.07) is 0. The highest BCUT2D eigenvalue weighted by molar-refractivity contribution is 6.61. The minimum absolute atomic E-state index is 0.0560. The summed E-state index contributed by atoms with van der Waals surface area (Å²) in [6.45, 7) is 4.94. The number of hydrogen-bond acceptors (Lipinski definition) is 7. The van der Waals surface area contributed by atoms with E-state index >= 15 is 0 Å². The third kappa shape index (κ3) is 3.10. The van der Waals surface area contributed by atoms with Gasteiger partial charge < -0.3 is 37.5 Å². The molecule has 126 valence electrons. The zero-order valence-corrected chi connectivity index (χ0v) is 13.5. The van der Waals surface area contributed by atoms with Crippen molar-refractivity contribution in [2.24, 2.45) is 0 Å². The molecule has 4 heterocycles. The van der Waals surface area contributed by atoms with Crippen molar-refractivity contribution >= 4 is 8.80 Å². The first-order chi connectivity index (χ1) is 10.7. The van der Waals surface area contributed by atoms with E-state index in [1.54, 1.807) is 0 Å². The molecule has 0 bridgehead atoms. The molecular formula is C13H23NO7Si. The maximum absolute atomic E-state index is 11.9. The predicted molar refractivity (Wildman–Crippen MR) is 72.2 cm³/mol. The SMILES string of the molecule is [O-]C1COCC1O[Si]1(C[NH+]2CCOCC2)OC2COCC2O1. The van der Waals surface area contributed by atoms with Crippen LogP contribution in [0.4, 0.5) is 0 Å². The number of hydrogen-bond donors (Lipinski definition) is 1. The summed E-state index contributed by atoms with van der Waals surface area (Å²) in [7, 11) is -2.88. The second-order valence-electron chi connectivity index (χ2n) is 6.30. The van der Waals surface area contributed by atoms with Crippen molar-refractivity contribution < 1.29 is 37.5 Å². The first-order valence-electron chi connectivity index (χ1n) is 8.00. The Morgan fingerprint density at radius 2 is 1.64 bits per heavy atom. The van der Waals surface area contributed by atoms with E-state index in [4.69, 9.17) is 27.5 Å². The zero-order valence-electron chi connectivity index (χ0n) is 12.5. The van der Waals surface area contributed by atoms with Crippen LogP contribution in [-0.4, -0.2) is 92.1 Å². The molecule has 4 unspecified atom stereocenters. The van der Waals surface area contributed by atoms with Gasteiger partial charge in [-0.3, -0.25) is 0 Å². The van der Waals surface area contributed by atoms with Gasteiger partial charge in [-0.1, -0.05) is 6.10 Å². The van der Waals surface area contributed by atoms with Crippen LogP contribution in [0, 0.1) is 0 Å². The van der Waals surface area contributed by atoms with Crippen LogP contribution in [0.5, 0.6) is 0 Å². The van der Waals surface area contributed by atoms with Gasteiger partial charge in [-0.2, -0.15) is 0 Å². The second-order valence-corrected chi connectivity index (χ2v) is 8.73. The smallest absolute Gasteiger partial charge is 0.560 e. The first kappa shape index (κ1) is 15.4. The van der Waals surface area contributed by atoms with Crippen LogP contribution in [0.3, 0.4) is 0 Å². The van der Waals surface area contributed by atoms with Crippen molar-refractivity contribution in [3.05, 3.63) is 0 Å². The van der Waals surface area contributed by atoms with Gasteiger partial charge in [-0.15, -0.1) is 0 Å². The highest BCUT2D eigenvalue weighted by Gasteiger charge is 2.60. The molecule has 0 saturated carbocycles. The van der Waals surface area contributed by atoms with Gasteiger partial charge in [0.05, 0.1) is 39.1 Å². The number of nitrogens with one attached hydrogen (secondary N) is 1. The summed E-state index contributed by atoms with van der Waals surface area (Å²) in [4.78, 5) is 1.36. The minimum Gasteiger partial charge on any atom is -0.848 e. The van der Waals surface area contributed by atoms with Gasteiger partial charge in [-0.05, 0) is 0 Å². The van der Waals surface area contributed by atoms with Gasteiger partial charge in [0.2, 0.25) is 0 Å². The van der Waals surface area contributed by atoms with E-state index < -0.39 is 21.0 Å². The van der Waals surface area contributed by atoms with E-state index in [0.29, 0.717) is 26.0 Å². The Kier molecular flexibility index (Phi) is 4.50. The van der Waals surface area contributed by atoms with E-state index in [2.05, 4.69) is 0 Å². The van der Waals surface area contributed by atoms with E-state index in [0.717, 1.165) is 26.3 Å². The highest BCUT2D eigenvalue weighted by Crippen LogP contribution is 2.31. The maximum Gasteiger partial charge on any atom is 0.560 e. The van der Waals surface area contributed by atoms with Crippen LogP contribution in [0.15, 0.2) is 0 Å². The maximum atomic E-state index is 11.9. The fraction of sp³-hybridized carbons (Fsp3) is 1.00. The number of morpholine rings is 1. The molecule has 0 spiro atoms. The summed E-state index contributed by atoms with van der Waals surface area (Å²) >= 11 is 0. The summed E-state index contributed by atoms with van der Waals surface area (Å²) in [5, 5.41) is 11.9. The Hall–Kier alpha value is -0.103. The zero-order chi connectivity index (χ0) is 15.0. The largest absolute Gasteiger partial charge is 0.848 e. The van der Waals surface area contributed by atoms with Gasteiger partial charge in [-0.25, -0.2) is 0 Å². The van der Waals surface area contributed by atoms with E-state index in [9.17, 15) is 5.11 Å². The molecule has 4 aliphatic heterocycles. The van der Waals surface area contributed by atoms with Gasteiger partial charge in [0.25, 0.3) is 0 Å². The highest BCUT2D eigenvalue weighted by atomic mass is 28.4. The van der Waals surface area contributed by atoms with E-state index in [1.807, 2.05) is 0 Å². The Labute approximate surface area is 130 Å². The molecule has 0 aromatic heterocycles. The van der Waals surface area contributed by atoms with Gasteiger partial charge in [0.15, 0.2) is 0 Å². The van der Waals surface area contributed by atoms with Crippen LogP contribution < -0.4 is 10.0 Å². The van der Waals surface area contributed by atoms with Crippen LogP contribution >= 0.6 is 0 Å². The molecule has 4 fully saturated rings. The third-order valence-corrected chi connectivity index (χ3v) is 7.54. The summed E-state index contributed by atoms with van der Waals surface area (Å²) < 4.78 is 34.6. The average Bonchev–Trinajstić information content (AvgIpc) is 3.17. The van der Waals surface area contributed by atoms with E-state index in [1.165, 1.54) is 4.90 Å².